The van der Waals surface area contributed by atoms with Crippen molar-refractivity contribution in [1.82, 2.24) is 15.1 Å². The molecule has 1 heterocycles. The average Bonchev–Trinajstić information content (AvgIpc) is 2.35. The fourth-order valence-corrected chi connectivity index (χ4v) is 1.51. The van der Waals surface area contributed by atoms with Gasteiger partial charge in [0, 0.05) is 13.6 Å². The Morgan fingerprint density at radius 1 is 1.67 bits per heavy atom. The number of aryl methyl sites for hydroxylation is 1. The predicted octanol–water partition coefficient (Wildman–Crippen LogP) is 1.68. The van der Waals surface area contributed by atoms with Crippen molar-refractivity contribution in [2.45, 2.75) is 19.9 Å². The molecule has 1 aromatic rings. The number of nitrogens with one attached hydrogen (secondary N) is 1. The second-order valence-corrected chi connectivity index (χ2v) is 3.59. The van der Waals surface area contributed by atoms with E-state index in [-0.39, 0.29) is 0 Å². The minimum Gasteiger partial charge on any atom is -0.311 e. The van der Waals surface area contributed by atoms with Gasteiger partial charge in [-0.05, 0) is 28.9 Å². The second kappa shape index (κ2) is 4.62. The molecule has 0 saturated heterocycles. The molecule has 3 nitrogen and oxygen atoms in total. The lowest BCUT2D eigenvalue weighted by atomic mass is 10.4. The van der Waals surface area contributed by atoms with Crippen molar-refractivity contribution in [3.05, 3.63) is 16.4 Å². The average molecular weight is 232 g/mol. The van der Waals surface area contributed by atoms with Gasteiger partial charge in [0.2, 0.25) is 0 Å². The Morgan fingerprint density at radius 3 is 2.92 bits per heavy atom. The Labute approximate surface area is 81.3 Å². The van der Waals surface area contributed by atoms with Crippen LogP contribution in [0.2, 0.25) is 0 Å². The van der Waals surface area contributed by atoms with Gasteiger partial charge in [0.15, 0.2) is 0 Å². The first kappa shape index (κ1) is 9.74. The van der Waals surface area contributed by atoms with Gasteiger partial charge in [-0.15, -0.1) is 0 Å². The maximum atomic E-state index is 4.12. The smallest absolute Gasteiger partial charge is 0.0660 e. The highest BCUT2D eigenvalue weighted by molar-refractivity contribution is 9.10. The molecule has 68 valence electrons. The normalized spacial score (nSPS) is 10.6. The summed E-state index contributed by atoms with van der Waals surface area (Å²) in [5, 5.41) is 7.45. The first-order valence-electron chi connectivity index (χ1n) is 4.12. The van der Waals surface area contributed by atoms with Gasteiger partial charge in [-0.2, -0.15) is 5.10 Å². The molecule has 0 unspecified atom stereocenters. The summed E-state index contributed by atoms with van der Waals surface area (Å²) in [7, 11) is 1.95. The summed E-state index contributed by atoms with van der Waals surface area (Å²) in [4.78, 5) is 0. The van der Waals surface area contributed by atoms with Crippen LogP contribution in [0.4, 0.5) is 0 Å². The Kier molecular flexibility index (Phi) is 3.75. The third-order valence-electron chi connectivity index (χ3n) is 1.73. The zero-order valence-electron chi connectivity index (χ0n) is 7.47. The first-order chi connectivity index (χ1) is 5.75. The van der Waals surface area contributed by atoms with Crippen molar-refractivity contribution in [3.8, 4) is 0 Å². The maximum Gasteiger partial charge on any atom is 0.0660 e. The molecule has 0 atom stereocenters. The lowest BCUT2D eigenvalue weighted by Crippen LogP contribution is -2.16. The van der Waals surface area contributed by atoms with E-state index in [1.807, 2.05) is 17.9 Å². The Balaban J connectivity index is 2.50. The molecule has 1 aromatic heterocycles. The van der Waals surface area contributed by atoms with E-state index in [1.54, 1.807) is 0 Å². The first-order valence-corrected chi connectivity index (χ1v) is 4.92. The van der Waals surface area contributed by atoms with Gasteiger partial charge in [-0.25, -0.2) is 0 Å². The van der Waals surface area contributed by atoms with E-state index in [0.29, 0.717) is 0 Å². The monoisotopic (exact) mass is 231 g/mol. The SMILES string of the molecule is CCCNCc1c(Br)cnn1C. The summed E-state index contributed by atoms with van der Waals surface area (Å²) in [6.45, 7) is 4.09. The van der Waals surface area contributed by atoms with Gasteiger partial charge in [0.05, 0.1) is 16.4 Å². The van der Waals surface area contributed by atoms with E-state index in [0.717, 1.165) is 24.0 Å². The van der Waals surface area contributed by atoms with Crippen LogP contribution in [0.1, 0.15) is 19.0 Å². The van der Waals surface area contributed by atoms with Gasteiger partial charge in [0.25, 0.3) is 0 Å². The molecule has 12 heavy (non-hydrogen) atoms. The number of aromatic nitrogens is 2. The minimum atomic E-state index is 0.880. The van der Waals surface area contributed by atoms with Crippen LogP contribution < -0.4 is 5.32 Å². The van der Waals surface area contributed by atoms with Crippen molar-refractivity contribution in [2.24, 2.45) is 7.05 Å². The number of hydrogen-bond acceptors (Lipinski definition) is 2. The van der Waals surface area contributed by atoms with Gasteiger partial charge in [-0.1, -0.05) is 6.92 Å². The molecule has 0 aromatic carbocycles. The van der Waals surface area contributed by atoms with Crippen LogP contribution in [-0.2, 0) is 13.6 Å². The van der Waals surface area contributed by atoms with E-state index < -0.39 is 0 Å². The summed E-state index contributed by atoms with van der Waals surface area (Å²) in [5.41, 5.74) is 1.20. The summed E-state index contributed by atoms with van der Waals surface area (Å²) in [6, 6.07) is 0. The molecule has 0 aliphatic rings. The van der Waals surface area contributed by atoms with Crippen LogP contribution in [0, 0.1) is 0 Å². The molecule has 1 rings (SSSR count). The maximum absolute atomic E-state index is 4.12. The minimum absolute atomic E-state index is 0.880. The molecule has 1 N–H and O–H groups in total. The molecule has 0 amide bonds. The third-order valence-corrected chi connectivity index (χ3v) is 2.39. The highest BCUT2D eigenvalue weighted by Crippen LogP contribution is 2.14. The van der Waals surface area contributed by atoms with Crippen molar-refractivity contribution >= 4 is 15.9 Å². The topological polar surface area (TPSA) is 29.9 Å². The van der Waals surface area contributed by atoms with Crippen molar-refractivity contribution < 1.29 is 0 Å². The molecule has 0 fully saturated rings. The quantitative estimate of drug-likeness (QED) is 0.800. The fraction of sp³-hybridized carbons (Fsp3) is 0.625. The fourth-order valence-electron chi connectivity index (χ4n) is 1.02. The van der Waals surface area contributed by atoms with E-state index in [1.165, 1.54) is 5.69 Å². The summed E-state index contributed by atoms with van der Waals surface area (Å²) >= 11 is 3.45. The Morgan fingerprint density at radius 2 is 2.42 bits per heavy atom. The van der Waals surface area contributed by atoms with Crippen LogP contribution in [0.3, 0.4) is 0 Å². The second-order valence-electron chi connectivity index (χ2n) is 2.74. The largest absolute Gasteiger partial charge is 0.311 e. The highest BCUT2D eigenvalue weighted by Gasteiger charge is 2.03. The van der Waals surface area contributed by atoms with E-state index in [9.17, 15) is 0 Å². The summed E-state index contributed by atoms with van der Waals surface area (Å²) in [5.74, 6) is 0. The molecule has 0 radical (unpaired) electrons. The van der Waals surface area contributed by atoms with Crippen molar-refractivity contribution in [2.75, 3.05) is 6.54 Å². The van der Waals surface area contributed by atoms with Gasteiger partial charge >= 0.3 is 0 Å². The van der Waals surface area contributed by atoms with Crippen LogP contribution in [-0.4, -0.2) is 16.3 Å². The standard InChI is InChI=1S/C8H14BrN3/c1-3-4-10-6-8-7(9)5-11-12(8)2/h5,10H,3-4,6H2,1-2H3. The van der Waals surface area contributed by atoms with Crippen LogP contribution in [0.5, 0.6) is 0 Å². The number of rotatable bonds is 4. The summed E-state index contributed by atoms with van der Waals surface area (Å²) < 4.78 is 2.96. The van der Waals surface area contributed by atoms with E-state index in [4.69, 9.17) is 0 Å². The van der Waals surface area contributed by atoms with Crippen LogP contribution in [0.15, 0.2) is 10.7 Å². The zero-order chi connectivity index (χ0) is 8.97. The van der Waals surface area contributed by atoms with Crippen molar-refractivity contribution in [1.29, 1.82) is 0 Å². The lowest BCUT2D eigenvalue weighted by molar-refractivity contribution is 0.618. The molecular formula is C8H14BrN3. The Bertz CT molecular complexity index is 225. The third kappa shape index (κ3) is 2.32. The Hall–Kier alpha value is -0.350. The predicted molar refractivity (Wildman–Crippen MR) is 52.9 cm³/mol. The molecule has 0 aliphatic carbocycles. The number of hydrogen-bond donors (Lipinski definition) is 1. The number of halogens is 1. The van der Waals surface area contributed by atoms with Gasteiger partial charge in [-0.3, -0.25) is 4.68 Å². The molecule has 0 aliphatic heterocycles. The molecule has 4 heteroatoms. The molecule has 0 bridgehead atoms. The van der Waals surface area contributed by atoms with Gasteiger partial charge < -0.3 is 5.32 Å². The van der Waals surface area contributed by atoms with E-state index in [2.05, 4.69) is 33.3 Å². The highest BCUT2D eigenvalue weighted by atomic mass is 79.9. The van der Waals surface area contributed by atoms with E-state index >= 15 is 0 Å². The molecule has 0 saturated carbocycles. The van der Waals surface area contributed by atoms with Crippen molar-refractivity contribution in [3.63, 3.8) is 0 Å². The summed E-state index contributed by atoms with van der Waals surface area (Å²) in [6.07, 6.45) is 2.98. The zero-order valence-corrected chi connectivity index (χ0v) is 9.06. The molecular weight excluding hydrogens is 218 g/mol. The van der Waals surface area contributed by atoms with Crippen LogP contribution >= 0.6 is 15.9 Å². The molecule has 0 spiro atoms. The lowest BCUT2D eigenvalue weighted by Gasteiger charge is -2.03. The van der Waals surface area contributed by atoms with Gasteiger partial charge in [0.1, 0.15) is 0 Å². The van der Waals surface area contributed by atoms with Crippen LogP contribution in [0.25, 0.3) is 0 Å². The number of nitrogens with zero attached hydrogens (tertiary/aromatic N) is 2.